The van der Waals surface area contributed by atoms with Crippen LogP contribution >= 0.6 is 12.4 Å². The Labute approximate surface area is 146 Å². The smallest absolute Gasteiger partial charge is 0.243 e. The van der Waals surface area contributed by atoms with Crippen molar-refractivity contribution in [2.24, 2.45) is 11.7 Å². The van der Waals surface area contributed by atoms with Crippen molar-refractivity contribution in [3.8, 4) is 5.75 Å². The van der Waals surface area contributed by atoms with E-state index in [9.17, 15) is 8.42 Å². The van der Waals surface area contributed by atoms with Crippen molar-refractivity contribution < 1.29 is 13.2 Å². The fraction of sp³-hybridized carbons (Fsp3) is 0.625. The fourth-order valence-electron chi connectivity index (χ4n) is 2.21. The van der Waals surface area contributed by atoms with Gasteiger partial charge in [-0.3, -0.25) is 0 Å². The average molecular weight is 365 g/mol. The lowest BCUT2D eigenvalue weighted by molar-refractivity contribution is 0.397. The second kappa shape index (κ2) is 8.87. The van der Waals surface area contributed by atoms with Crippen molar-refractivity contribution in [2.75, 3.05) is 20.7 Å². The molecule has 0 spiro atoms. The number of methoxy groups -OCH3 is 1. The second-order valence-electron chi connectivity index (χ2n) is 6.11. The maximum atomic E-state index is 12.7. The van der Waals surface area contributed by atoms with E-state index in [1.807, 2.05) is 20.8 Å². The normalized spacial score (nSPS) is 13.1. The van der Waals surface area contributed by atoms with Gasteiger partial charge in [0, 0.05) is 19.6 Å². The minimum atomic E-state index is -3.52. The monoisotopic (exact) mass is 364 g/mol. The van der Waals surface area contributed by atoms with Crippen molar-refractivity contribution in [3.05, 3.63) is 23.3 Å². The highest BCUT2D eigenvalue weighted by Gasteiger charge is 2.24. The van der Waals surface area contributed by atoms with Gasteiger partial charge in [-0.1, -0.05) is 13.8 Å². The molecule has 1 unspecified atom stereocenters. The molecule has 0 saturated carbocycles. The van der Waals surface area contributed by atoms with E-state index in [2.05, 4.69) is 0 Å². The third-order valence-corrected chi connectivity index (χ3v) is 6.01. The molecule has 0 aliphatic carbocycles. The number of benzene rings is 1. The van der Waals surface area contributed by atoms with E-state index >= 15 is 0 Å². The van der Waals surface area contributed by atoms with Gasteiger partial charge in [0.05, 0.1) is 12.0 Å². The zero-order valence-corrected chi connectivity index (χ0v) is 16.4. The van der Waals surface area contributed by atoms with Crippen LogP contribution in [0.4, 0.5) is 0 Å². The number of sulfonamides is 1. The predicted octanol–water partition coefficient (Wildman–Crippen LogP) is 2.73. The van der Waals surface area contributed by atoms with Gasteiger partial charge < -0.3 is 10.5 Å². The quantitative estimate of drug-likeness (QED) is 0.807. The molecule has 1 aromatic rings. The number of hydrogen-bond acceptors (Lipinski definition) is 4. The van der Waals surface area contributed by atoms with E-state index in [1.54, 1.807) is 33.2 Å². The van der Waals surface area contributed by atoms with Gasteiger partial charge in [0.2, 0.25) is 10.0 Å². The minimum absolute atomic E-state index is 0. The molecule has 0 fully saturated rings. The largest absolute Gasteiger partial charge is 0.496 e. The summed E-state index contributed by atoms with van der Waals surface area (Å²) in [5.41, 5.74) is 7.49. The van der Waals surface area contributed by atoms with Gasteiger partial charge in [-0.25, -0.2) is 12.7 Å². The van der Waals surface area contributed by atoms with E-state index in [-0.39, 0.29) is 18.4 Å². The van der Waals surface area contributed by atoms with Crippen LogP contribution in [0.25, 0.3) is 0 Å². The summed E-state index contributed by atoms with van der Waals surface area (Å²) in [6.45, 7) is 8.10. The number of nitrogens with two attached hydrogens (primary N) is 1. The van der Waals surface area contributed by atoms with Crippen molar-refractivity contribution >= 4 is 22.4 Å². The lowest BCUT2D eigenvalue weighted by atomic mass is 10.0. The molecule has 0 radical (unpaired) electrons. The first-order valence-electron chi connectivity index (χ1n) is 7.48. The van der Waals surface area contributed by atoms with E-state index < -0.39 is 10.0 Å². The maximum Gasteiger partial charge on any atom is 0.243 e. The van der Waals surface area contributed by atoms with Crippen LogP contribution in [0.3, 0.4) is 0 Å². The molecule has 0 bridgehead atoms. The van der Waals surface area contributed by atoms with Gasteiger partial charge in [-0.15, -0.1) is 12.4 Å². The fourth-order valence-corrected chi connectivity index (χ4v) is 3.69. The lowest BCUT2D eigenvalue weighted by Gasteiger charge is -2.22. The van der Waals surface area contributed by atoms with Crippen LogP contribution in [0, 0.1) is 19.8 Å². The zero-order valence-electron chi connectivity index (χ0n) is 14.8. The van der Waals surface area contributed by atoms with Gasteiger partial charge in [-0.2, -0.15) is 0 Å². The molecular weight excluding hydrogens is 336 g/mol. The van der Waals surface area contributed by atoms with Gasteiger partial charge in [-0.05, 0) is 49.4 Å². The Balaban J connectivity index is 0.00000484. The Kier molecular flexibility index (Phi) is 8.56. The topological polar surface area (TPSA) is 72.6 Å². The van der Waals surface area contributed by atoms with Crippen LogP contribution in [0.15, 0.2) is 17.0 Å². The molecule has 1 aromatic carbocycles. The summed E-state index contributed by atoms with van der Waals surface area (Å²) in [6.07, 6.45) is 0.640. The first-order valence-corrected chi connectivity index (χ1v) is 8.92. The van der Waals surface area contributed by atoms with Crippen molar-refractivity contribution in [3.63, 3.8) is 0 Å². The molecular formula is C16H29ClN2O3S. The molecule has 1 atom stereocenters. The van der Waals surface area contributed by atoms with Crippen LogP contribution in [-0.4, -0.2) is 39.5 Å². The van der Waals surface area contributed by atoms with Crippen LogP contribution in [0.5, 0.6) is 5.75 Å². The van der Waals surface area contributed by atoms with Crippen LogP contribution < -0.4 is 10.5 Å². The predicted molar refractivity (Wildman–Crippen MR) is 97.0 cm³/mol. The number of hydrogen-bond donors (Lipinski definition) is 1. The van der Waals surface area contributed by atoms with E-state index in [1.165, 1.54) is 4.31 Å². The standard InChI is InChI=1S/C16H28N2O3S.ClH/c1-11(2)14(17)7-8-18(5)22(19,20)16-10-12(3)15(21-6)9-13(16)4;/h9-11,14H,7-8,17H2,1-6H3;1H. The van der Waals surface area contributed by atoms with Crippen LogP contribution in [0.2, 0.25) is 0 Å². The van der Waals surface area contributed by atoms with Crippen molar-refractivity contribution in [1.82, 2.24) is 4.31 Å². The summed E-state index contributed by atoms with van der Waals surface area (Å²) in [4.78, 5) is 0.325. The Hall–Kier alpha value is -0.820. The van der Waals surface area contributed by atoms with Gasteiger partial charge in [0.15, 0.2) is 0 Å². The first kappa shape index (κ1) is 22.2. The summed E-state index contributed by atoms with van der Waals surface area (Å²) in [5, 5.41) is 0. The number of aryl methyl sites for hydroxylation is 2. The molecule has 0 aliphatic heterocycles. The Morgan fingerprint density at radius 1 is 1.22 bits per heavy atom. The molecule has 0 saturated heterocycles. The second-order valence-corrected chi connectivity index (χ2v) is 8.12. The number of nitrogens with zero attached hydrogens (tertiary/aromatic N) is 1. The van der Waals surface area contributed by atoms with Gasteiger partial charge in [0.1, 0.15) is 5.75 Å². The Morgan fingerprint density at radius 2 is 1.78 bits per heavy atom. The Bertz CT molecular complexity index is 618. The first-order chi connectivity index (χ1) is 10.1. The van der Waals surface area contributed by atoms with Crippen molar-refractivity contribution in [1.29, 1.82) is 0 Å². The number of ether oxygens (including phenoxy) is 1. The number of halogens is 1. The lowest BCUT2D eigenvalue weighted by Crippen LogP contribution is -2.35. The summed E-state index contributed by atoms with van der Waals surface area (Å²) >= 11 is 0. The molecule has 5 nitrogen and oxygen atoms in total. The zero-order chi connectivity index (χ0) is 17.1. The summed E-state index contributed by atoms with van der Waals surface area (Å²) in [6, 6.07) is 3.43. The SMILES string of the molecule is COc1cc(C)c(S(=O)(=O)N(C)CCC(N)C(C)C)cc1C.Cl. The molecule has 7 heteroatoms. The molecule has 23 heavy (non-hydrogen) atoms. The summed E-state index contributed by atoms with van der Waals surface area (Å²) < 4.78 is 32.1. The molecule has 0 heterocycles. The average Bonchev–Trinajstić information content (AvgIpc) is 2.45. The minimum Gasteiger partial charge on any atom is -0.496 e. The molecule has 2 N–H and O–H groups in total. The van der Waals surface area contributed by atoms with E-state index in [0.717, 1.165) is 5.56 Å². The van der Waals surface area contributed by atoms with Crippen LogP contribution in [-0.2, 0) is 10.0 Å². The molecule has 0 amide bonds. The number of rotatable bonds is 7. The van der Waals surface area contributed by atoms with E-state index in [0.29, 0.717) is 35.1 Å². The third-order valence-electron chi connectivity index (χ3n) is 4.01. The Morgan fingerprint density at radius 3 is 2.26 bits per heavy atom. The van der Waals surface area contributed by atoms with E-state index in [4.69, 9.17) is 10.5 Å². The van der Waals surface area contributed by atoms with Gasteiger partial charge in [0.25, 0.3) is 0 Å². The molecule has 134 valence electrons. The summed E-state index contributed by atoms with van der Waals surface area (Å²) in [7, 11) is -0.339. The van der Waals surface area contributed by atoms with Crippen molar-refractivity contribution in [2.45, 2.75) is 45.1 Å². The van der Waals surface area contributed by atoms with Gasteiger partial charge >= 0.3 is 0 Å². The molecule has 0 aromatic heterocycles. The molecule has 0 aliphatic rings. The molecule has 1 rings (SSSR count). The highest BCUT2D eigenvalue weighted by molar-refractivity contribution is 7.89. The highest BCUT2D eigenvalue weighted by atomic mass is 35.5. The maximum absolute atomic E-state index is 12.7. The third kappa shape index (κ3) is 5.35. The highest BCUT2D eigenvalue weighted by Crippen LogP contribution is 2.27. The summed E-state index contributed by atoms with van der Waals surface area (Å²) in [5.74, 6) is 1.03. The van der Waals surface area contributed by atoms with Crippen LogP contribution in [0.1, 0.15) is 31.4 Å².